The molecule has 1 rings (SSSR count). The number of amides is 1. The van der Waals surface area contributed by atoms with Crippen molar-refractivity contribution in [2.75, 3.05) is 6.61 Å². The molecule has 8 heteroatoms. The van der Waals surface area contributed by atoms with Crippen LogP contribution in [-0.2, 0) is 9.53 Å². The van der Waals surface area contributed by atoms with Crippen LogP contribution in [0.3, 0.4) is 0 Å². The van der Waals surface area contributed by atoms with Gasteiger partial charge < -0.3 is 25.2 Å². The Kier molecular flexibility index (Phi) is 4.59. The Morgan fingerprint density at radius 2 is 1.88 bits per heavy atom. The average molecular weight is 236 g/mol. The Hall–Kier alpha value is -0.770. The number of rotatable bonds is 3. The summed E-state index contributed by atoms with van der Waals surface area (Å²) >= 11 is 0. The van der Waals surface area contributed by atoms with Crippen LogP contribution in [0, 0.1) is 0 Å². The summed E-state index contributed by atoms with van der Waals surface area (Å²) in [5, 5.41) is 37.2. The molecule has 0 spiro atoms. The number of carbonyl (C=O) groups excluding carboxylic acids is 1. The second kappa shape index (κ2) is 5.53. The molecular formula is C8H16N2O6. The highest BCUT2D eigenvalue weighted by molar-refractivity contribution is 5.72. The van der Waals surface area contributed by atoms with Crippen LogP contribution in [0.1, 0.15) is 6.92 Å². The third-order valence-corrected chi connectivity index (χ3v) is 2.28. The van der Waals surface area contributed by atoms with E-state index in [4.69, 9.17) is 9.84 Å². The van der Waals surface area contributed by atoms with E-state index in [1.165, 1.54) is 6.92 Å². The normalized spacial score (nSPS) is 39.4. The molecule has 1 amide bonds. The fourth-order valence-electron chi connectivity index (χ4n) is 1.39. The molecule has 0 saturated carbocycles. The number of hydrogen-bond acceptors (Lipinski definition) is 7. The molecule has 6 N–H and O–H groups in total. The van der Waals surface area contributed by atoms with Gasteiger partial charge in [-0.15, -0.1) is 0 Å². The fourth-order valence-corrected chi connectivity index (χ4v) is 1.39. The highest BCUT2D eigenvalue weighted by atomic mass is 16.6. The monoisotopic (exact) mass is 236 g/mol. The molecule has 5 atom stereocenters. The topological polar surface area (TPSA) is 131 Å². The summed E-state index contributed by atoms with van der Waals surface area (Å²) in [6, 6.07) is 0. The van der Waals surface area contributed by atoms with Gasteiger partial charge in [0, 0.05) is 6.92 Å². The highest BCUT2D eigenvalue weighted by Gasteiger charge is 2.43. The van der Waals surface area contributed by atoms with Crippen molar-refractivity contribution in [3.8, 4) is 0 Å². The second-order valence-corrected chi connectivity index (χ2v) is 3.58. The fraction of sp³-hybridized carbons (Fsp3) is 0.875. The number of nitrogens with one attached hydrogen (secondary N) is 2. The summed E-state index contributed by atoms with van der Waals surface area (Å²) in [6.45, 7) is 0.736. The van der Waals surface area contributed by atoms with Gasteiger partial charge in [-0.3, -0.25) is 10.2 Å². The Bertz CT molecular complexity index is 249. The lowest BCUT2D eigenvalue weighted by atomic mass is 9.99. The molecule has 1 fully saturated rings. The number of aliphatic hydroxyl groups is 4. The van der Waals surface area contributed by atoms with E-state index in [1.807, 2.05) is 0 Å². The van der Waals surface area contributed by atoms with Gasteiger partial charge >= 0.3 is 0 Å². The largest absolute Gasteiger partial charge is 0.394 e. The van der Waals surface area contributed by atoms with Gasteiger partial charge in [0.1, 0.15) is 24.4 Å². The minimum atomic E-state index is -1.46. The molecule has 0 bridgehead atoms. The van der Waals surface area contributed by atoms with Gasteiger partial charge in [0.05, 0.1) is 6.61 Å². The van der Waals surface area contributed by atoms with Crippen molar-refractivity contribution < 1.29 is 30.0 Å². The number of aliphatic hydroxyl groups excluding tert-OH is 4. The predicted octanol–water partition coefficient (Wildman–Crippen LogP) is -3.57. The van der Waals surface area contributed by atoms with Crippen LogP contribution in [0.5, 0.6) is 0 Å². The Morgan fingerprint density at radius 1 is 1.25 bits per heavy atom. The molecule has 0 aromatic carbocycles. The lowest BCUT2D eigenvalue weighted by Crippen LogP contribution is -2.64. The molecule has 1 aliphatic rings. The third-order valence-electron chi connectivity index (χ3n) is 2.28. The van der Waals surface area contributed by atoms with Gasteiger partial charge in [-0.05, 0) is 0 Å². The summed E-state index contributed by atoms with van der Waals surface area (Å²) in [5.41, 5.74) is 4.51. The summed E-state index contributed by atoms with van der Waals surface area (Å²) in [6.07, 6.45) is -6.37. The second-order valence-electron chi connectivity index (χ2n) is 3.58. The summed E-state index contributed by atoms with van der Waals surface area (Å²) in [5.74, 6) is -0.406. The molecule has 0 radical (unpaired) electrons. The molecule has 1 saturated heterocycles. The molecule has 4 unspecified atom stereocenters. The molecule has 0 aliphatic carbocycles. The Morgan fingerprint density at radius 3 is 2.38 bits per heavy atom. The standard InChI is InChI=1S/C8H16N2O6/c1-3(12)9-10-8-7(15)6(14)5(13)4(2-11)16-8/h4-8,10-11,13-15H,2H2,1H3,(H,9,12)/t4?,5?,6?,7?,8-/m0/s1. The summed E-state index contributed by atoms with van der Waals surface area (Å²) < 4.78 is 5.05. The third kappa shape index (κ3) is 2.88. The van der Waals surface area contributed by atoms with E-state index in [0.29, 0.717) is 0 Å². The maximum absolute atomic E-state index is 10.6. The van der Waals surface area contributed by atoms with Crippen LogP contribution in [0.25, 0.3) is 0 Å². The van der Waals surface area contributed by atoms with E-state index in [2.05, 4.69) is 10.9 Å². The average Bonchev–Trinajstić information content (AvgIpc) is 2.25. The lowest BCUT2D eigenvalue weighted by Gasteiger charge is -2.40. The van der Waals surface area contributed by atoms with Crippen LogP contribution in [-0.4, -0.2) is 63.6 Å². The lowest BCUT2D eigenvalue weighted by molar-refractivity contribution is -0.238. The van der Waals surface area contributed by atoms with Crippen LogP contribution in [0.2, 0.25) is 0 Å². The van der Waals surface area contributed by atoms with Crippen molar-refractivity contribution in [1.29, 1.82) is 0 Å². The summed E-state index contributed by atoms with van der Waals surface area (Å²) in [4.78, 5) is 10.6. The minimum Gasteiger partial charge on any atom is -0.394 e. The van der Waals surface area contributed by atoms with E-state index in [1.54, 1.807) is 0 Å². The maximum atomic E-state index is 10.6. The zero-order chi connectivity index (χ0) is 12.3. The van der Waals surface area contributed by atoms with Crippen molar-refractivity contribution in [2.45, 2.75) is 37.6 Å². The van der Waals surface area contributed by atoms with Gasteiger partial charge in [-0.25, -0.2) is 5.43 Å². The van der Waals surface area contributed by atoms with Gasteiger partial charge in [0.15, 0.2) is 6.23 Å². The van der Waals surface area contributed by atoms with Gasteiger partial charge in [0.25, 0.3) is 0 Å². The van der Waals surface area contributed by atoms with Crippen molar-refractivity contribution in [3.05, 3.63) is 0 Å². The van der Waals surface area contributed by atoms with E-state index in [9.17, 15) is 20.1 Å². The zero-order valence-corrected chi connectivity index (χ0v) is 8.70. The molecular weight excluding hydrogens is 220 g/mol. The van der Waals surface area contributed by atoms with E-state index in [0.717, 1.165) is 0 Å². The number of carbonyl (C=O) groups is 1. The zero-order valence-electron chi connectivity index (χ0n) is 8.70. The van der Waals surface area contributed by atoms with E-state index in [-0.39, 0.29) is 0 Å². The molecule has 94 valence electrons. The highest BCUT2D eigenvalue weighted by Crippen LogP contribution is 2.19. The van der Waals surface area contributed by atoms with Gasteiger partial charge in [-0.2, -0.15) is 0 Å². The number of hydrogen-bond donors (Lipinski definition) is 6. The van der Waals surface area contributed by atoms with Crippen LogP contribution in [0.15, 0.2) is 0 Å². The molecule has 0 aromatic rings. The minimum absolute atomic E-state index is 0.406. The first kappa shape index (κ1) is 13.3. The Balaban J connectivity index is 2.60. The Labute approximate surface area is 91.8 Å². The van der Waals surface area contributed by atoms with Crippen molar-refractivity contribution in [3.63, 3.8) is 0 Å². The van der Waals surface area contributed by atoms with Gasteiger partial charge in [-0.1, -0.05) is 0 Å². The first-order valence-corrected chi connectivity index (χ1v) is 4.80. The SMILES string of the molecule is CC(=O)NN[C@H]1OC(CO)C(O)C(O)C1O. The van der Waals surface area contributed by atoms with Gasteiger partial charge in [0.2, 0.25) is 5.91 Å². The quantitative estimate of drug-likeness (QED) is 0.279. The van der Waals surface area contributed by atoms with Crippen molar-refractivity contribution in [2.24, 2.45) is 0 Å². The maximum Gasteiger partial charge on any atom is 0.231 e. The summed E-state index contributed by atoms with van der Waals surface area (Å²) in [7, 11) is 0. The first-order chi connectivity index (χ1) is 7.47. The molecule has 16 heavy (non-hydrogen) atoms. The van der Waals surface area contributed by atoms with E-state index < -0.39 is 43.2 Å². The molecule has 1 heterocycles. The van der Waals surface area contributed by atoms with Crippen LogP contribution < -0.4 is 10.9 Å². The van der Waals surface area contributed by atoms with Crippen molar-refractivity contribution >= 4 is 5.91 Å². The smallest absolute Gasteiger partial charge is 0.231 e. The first-order valence-electron chi connectivity index (χ1n) is 4.80. The van der Waals surface area contributed by atoms with Crippen molar-refractivity contribution in [1.82, 2.24) is 10.9 Å². The number of ether oxygens (including phenoxy) is 1. The molecule has 8 nitrogen and oxygen atoms in total. The van der Waals surface area contributed by atoms with Crippen LogP contribution in [0.4, 0.5) is 0 Å². The molecule has 0 aromatic heterocycles. The van der Waals surface area contributed by atoms with E-state index >= 15 is 0 Å². The molecule has 1 aliphatic heterocycles. The predicted molar refractivity (Wildman–Crippen MR) is 50.7 cm³/mol. The van der Waals surface area contributed by atoms with Crippen LogP contribution >= 0.6 is 0 Å². The number of hydrazine groups is 1.